The van der Waals surface area contributed by atoms with Gasteiger partial charge in [-0.2, -0.15) is 18.3 Å². The third-order valence-corrected chi connectivity index (χ3v) is 3.43. The Balaban J connectivity index is 1.91. The number of β-amino-alcohol motifs (C(OH)–C–C–N with tert-alkyl or cyclic N) is 1. The van der Waals surface area contributed by atoms with Crippen molar-refractivity contribution in [3.8, 4) is 0 Å². The molecule has 2 N–H and O–H groups in total. The first-order chi connectivity index (χ1) is 9.74. The third-order valence-electron chi connectivity index (χ3n) is 3.43. The van der Waals surface area contributed by atoms with Crippen molar-refractivity contribution in [3.63, 3.8) is 0 Å². The standard InChI is InChI=1S/C12H17F3N4O2/c1-8-2-3-18(6-10(8)20)11(21)17-9-4-16-19(5-9)7-12(13,14)15/h4-5,8,10,20H,2-3,6-7H2,1H3,(H,17,21). The molecule has 0 saturated carbocycles. The van der Waals surface area contributed by atoms with E-state index in [-0.39, 0.29) is 18.2 Å². The summed E-state index contributed by atoms with van der Waals surface area (Å²) in [7, 11) is 0. The number of alkyl halides is 3. The molecule has 118 valence electrons. The van der Waals surface area contributed by atoms with Crippen molar-refractivity contribution in [2.45, 2.75) is 32.2 Å². The summed E-state index contributed by atoms with van der Waals surface area (Å²) in [4.78, 5) is 13.4. The van der Waals surface area contributed by atoms with Crippen molar-refractivity contribution >= 4 is 11.7 Å². The highest BCUT2D eigenvalue weighted by atomic mass is 19.4. The van der Waals surface area contributed by atoms with Crippen molar-refractivity contribution in [1.82, 2.24) is 14.7 Å². The average molecular weight is 306 g/mol. The fourth-order valence-corrected chi connectivity index (χ4v) is 2.13. The zero-order chi connectivity index (χ0) is 15.6. The number of carbonyl (C=O) groups is 1. The van der Waals surface area contributed by atoms with Gasteiger partial charge in [0.25, 0.3) is 0 Å². The minimum atomic E-state index is -4.36. The highest BCUT2D eigenvalue weighted by Crippen LogP contribution is 2.20. The Labute approximate surface area is 119 Å². The molecule has 0 radical (unpaired) electrons. The van der Waals surface area contributed by atoms with Gasteiger partial charge in [-0.3, -0.25) is 4.68 Å². The van der Waals surface area contributed by atoms with Crippen LogP contribution in [0.3, 0.4) is 0 Å². The fraction of sp³-hybridized carbons (Fsp3) is 0.667. The van der Waals surface area contributed by atoms with E-state index in [2.05, 4.69) is 10.4 Å². The Morgan fingerprint density at radius 3 is 2.90 bits per heavy atom. The first kappa shape index (κ1) is 15.6. The van der Waals surface area contributed by atoms with E-state index in [0.29, 0.717) is 17.6 Å². The molecule has 1 aromatic heterocycles. The molecular weight excluding hydrogens is 289 g/mol. The van der Waals surface area contributed by atoms with E-state index in [9.17, 15) is 23.1 Å². The smallest absolute Gasteiger partial charge is 0.391 e. The number of amides is 2. The van der Waals surface area contributed by atoms with Gasteiger partial charge in [0.15, 0.2) is 0 Å². The largest absolute Gasteiger partial charge is 0.408 e. The van der Waals surface area contributed by atoms with E-state index >= 15 is 0 Å². The fourth-order valence-electron chi connectivity index (χ4n) is 2.13. The lowest BCUT2D eigenvalue weighted by atomic mass is 9.96. The lowest BCUT2D eigenvalue weighted by molar-refractivity contribution is -0.142. The van der Waals surface area contributed by atoms with Gasteiger partial charge in [0.1, 0.15) is 6.54 Å². The second-order valence-electron chi connectivity index (χ2n) is 5.25. The normalized spacial score (nSPS) is 23.2. The molecule has 0 aromatic carbocycles. The molecule has 9 heteroatoms. The number of halogens is 3. The van der Waals surface area contributed by atoms with Gasteiger partial charge < -0.3 is 15.3 Å². The zero-order valence-corrected chi connectivity index (χ0v) is 11.5. The molecule has 2 unspecified atom stereocenters. The summed E-state index contributed by atoms with van der Waals surface area (Å²) >= 11 is 0. The number of anilines is 1. The van der Waals surface area contributed by atoms with Crippen LogP contribution in [0.25, 0.3) is 0 Å². The average Bonchev–Trinajstić information content (AvgIpc) is 2.77. The Morgan fingerprint density at radius 2 is 2.29 bits per heavy atom. The number of aromatic nitrogens is 2. The van der Waals surface area contributed by atoms with Crippen molar-refractivity contribution in [1.29, 1.82) is 0 Å². The van der Waals surface area contributed by atoms with Crippen LogP contribution < -0.4 is 5.32 Å². The van der Waals surface area contributed by atoms with Gasteiger partial charge in [-0.25, -0.2) is 4.79 Å². The Morgan fingerprint density at radius 1 is 1.57 bits per heavy atom. The number of nitrogens with zero attached hydrogens (tertiary/aromatic N) is 3. The Kier molecular flexibility index (Phi) is 4.40. The number of carbonyl (C=O) groups excluding carboxylic acids is 1. The SMILES string of the molecule is CC1CCN(C(=O)Nc2cnn(CC(F)(F)F)c2)CC1O. The molecule has 1 saturated heterocycles. The summed E-state index contributed by atoms with van der Waals surface area (Å²) < 4.78 is 37.3. The summed E-state index contributed by atoms with van der Waals surface area (Å²) in [6.45, 7) is 1.41. The van der Waals surface area contributed by atoms with Crippen LogP contribution in [-0.2, 0) is 6.54 Å². The van der Waals surface area contributed by atoms with Crippen LogP contribution >= 0.6 is 0 Å². The van der Waals surface area contributed by atoms with Gasteiger partial charge in [-0.05, 0) is 12.3 Å². The summed E-state index contributed by atoms with van der Waals surface area (Å²) in [6, 6.07) is -0.451. The van der Waals surface area contributed by atoms with E-state index in [0.717, 1.165) is 12.4 Å². The topological polar surface area (TPSA) is 70.4 Å². The molecule has 0 spiro atoms. The number of rotatable bonds is 2. The zero-order valence-electron chi connectivity index (χ0n) is 11.5. The van der Waals surface area contributed by atoms with Gasteiger partial charge >= 0.3 is 12.2 Å². The highest BCUT2D eigenvalue weighted by Gasteiger charge is 2.29. The van der Waals surface area contributed by atoms with Crippen LogP contribution in [0, 0.1) is 5.92 Å². The molecule has 21 heavy (non-hydrogen) atoms. The van der Waals surface area contributed by atoms with Crippen LogP contribution in [-0.4, -0.2) is 51.2 Å². The summed E-state index contributed by atoms with van der Waals surface area (Å²) in [5.74, 6) is 0.128. The minimum absolute atomic E-state index is 0.128. The first-order valence-electron chi connectivity index (χ1n) is 6.58. The van der Waals surface area contributed by atoms with Crippen LogP contribution in [0.15, 0.2) is 12.4 Å². The monoisotopic (exact) mass is 306 g/mol. The van der Waals surface area contributed by atoms with Crippen LogP contribution in [0.4, 0.5) is 23.7 Å². The summed E-state index contributed by atoms with van der Waals surface area (Å²) in [5.41, 5.74) is 0.192. The predicted octanol–water partition coefficient (Wildman–Crippen LogP) is 1.68. The molecule has 6 nitrogen and oxygen atoms in total. The van der Waals surface area contributed by atoms with E-state index < -0.39 is 24.9 Å². The molecule has 2 amide bonds. The molecule has 1 fully saturated rings. The number of piperidine rings is 1. The van der Waals surface area contributed by atoms with Gasteiger partial charge in [0.2, 0.25) is 0 Å². The second kappa shape index (κ2) is 5.92. The second-order valence-corrected chi connectivity index (χ2v) is 5.25. The van der Waals surface area contributed by atoms with E-state index in [1.54, 1.807) is 0 Å². The summed E-state index contributed by atoms with van der Waals surface area (Å²) in [5, 5.41) is 15.8. The van der Waals surface area contributed by atoms with Crippen molar-refractivity contribution < 1.29 is 23.1 Å². The van der Waals surface area contributed by atoms with Gasteiger partial charge in [0.05, 0.1) is 18.0 Å². The van der Waals surface area contributed by atoms with Crippen molar-refractivity contribution in [2.75, 3.05) is 18.4 Å². The van der Waals surface area contributed by atoms with Gasteiger partial charge in [-0.15, -0.1) is 0 Å². The number of likely N-dealkylation sites (tertiary alicyclic amines) is 1. The molecule has 0 bridgehead atoms. The molecule has 1 aliphatic rings. The molecular formula is C12H17F3N4O2. The van der Waals surface area contributed by atoms with Crippen molar-refractivity contribution in [3.05, 3.63) is 12.4 Å². The van der Waals surface area contributed by atoms with E-state index in [1.807, 2.05) is 6.92 Å². The third kappa shape index (κ3) is 4.35. The van der Waals surface area contributed by atoms with E-state index in [1.165, 1.54) is 4.90 Å². The Bertz CT molecular complexity index is 503. The molecule has 2 heterocycles. The maximum absolute atomic E-state index is 12.2. The maximum atomic E-state index is 12.2. The van der Waals surface area contributed by atoms with E-state index in [4.69, 9.17) is 0 Å². The lowest BCUT2D eigenvalue weighted by Gasteiger charge is -2.34. The number of urea groups is 1. The number of hydrogen-bond donors (Lipinski definition) is 2. The molecule has 1 aromatic rings. The lowest BCUT2D eigenvalue weighted by Crippen LogP contribution is -2.47. The Hall–Kier alpha value is -1.77. The minimum Gasteiger partial charge on any atom is -0.391 e. The summed E-state index contributed by atoms with van der Waals surface area (Å²) in [6.07, 6.45) is -1.99. The quantitative estimate of drug-likeness (QED) is 0.873. The van der Waals surface area contributed by atoms with Crippen LogP contribution in [0.5, 0.6) is 0 Å². The molecule has 0 aliphatic carbocycles. The highest BCUT2D eigenvalue weighted by molar-refractivity contribution is 5.89. The van der Waals surface area contributed by atoms with Crippen LogP contribution in [0.1, 0.15) is 13.3 Å². The van der Waals surface area contributed by atoms with Gasteiger partial charge in [-0.1, -0.05) is 6.92 Å². The first-order valence-corrected chi connectivity index (χ1v) is 6.58. The molecule has 2 rings (SSSR count). The maximum Gasteiger partial charge on any atom is 0.408 e. The number of hydrogen-bond acceptors (Lipinski definition) is 3. The van der Waals surface area contributed by atoms with Gasteiger partial charge in [0, 0.05) is 19.3 Å². The number of aliphatic hydroxyl groups is 1. The molecule has 2 atom stereocenters. The number of nitrogens with one attached hydrogen (secondary N) is 1. The van der Waals surface area contributed by atoms with Crippen molar-refractivity contribution in [2.24, 2.45) is 5.92 Å². The number of aliphatic hydroxyl groups excluding tert-OH is 1. The molecule has 1 aliphatic heterocycles. The predicted molar refractivity (Wildman–Crippen MR) is 68.7 cm³/mol. The van der Waals surface area contributed by atoms with Crippen LogP contribution in [0.2, 0.25) is 0 Å².